The number of methoxy groups -OCH3 is 1. The molecule has 0 radical (unpaired) electrons. The van der Waals surface area contributed by atoms with Gasteiger partial charge in [0.1, 0.15) is 5.60 Å². The van der Waals surface area contributed by atoms with Gasteiger partial charge in [0.2, 0.25) is 0 Å². The number of nitrogens with zero attached hydrogens (tertiary/aromatic N) is 3. The Bertz CT molecular complexity index is 1310. The second kappa shape index (κ2) is 9.71. The molecule has 0 saturated carbocycles. The zero-order chi connectivity index (χ0) is 26.1. The Labute approximate surface area is 202 Å². The fourth-order valence-corrected chi connectivity index (χ4v) is 3.81. The standard InChI is InChI=1S/C15H21NO2.C9H8N4O4/c1-9-10-7-8-13(16)12(10)6-5-11(9)14(17)18-15(2,3)4;1-17-9(16)6-2-5(8(14)15)12-7-4(10)3-11-13(6)7/h5-6,13H,7-8,16H2,1-4H3;2-3H,10H2,1H3,(H,14,15)/t13-;/m0./s1. The molecule has 4 rings (SSSR count). The van der Waals surface area contributed by atoms with Crippen molar-refractivity contribution in [2.75, 3.05) is 12.8 Å². The van der Waals surface area contributed by atoms with Gasteiger partial charge in [-0.15, -0.1) is 0 Å². The Balaban J connectivity index is 0.000000196. The minimum Gasteiger partial charge on any atom is -0.477 e. The van der Waals surface area contributed by atoms with Gasteiger partial charge < -0.3 is 26.0 Å². The number of hydrogen-bond acceptors (Lipinski definition) is 9. The number of benzene rings is 1. The summed E-state index contributed by atoms with van der Waals surface area (Å²) in [5, 5.41) is 12.7. The number of carboxylic acids is 1. The van der Waals surface area contributed by atoms with Crippen LogP contribution in [0.15, 0.2) is 24.4 Å². The first-order valence-electron chi connectivity index (χ1n) is 10.9. The Morgan fingerprint density at radius 1 is 1.20 bits per heavy atom. The van der Waals surface area contributed by atoms with E-state index < -0.39 is 17.5 Å². The molecular weight excluding hydrogens is 454 g/mol. The number of rotatable bonds is 3. The molecule has 2 heterocycles. The lowest BCUT2D eigenvalue weighted by atomic mass is 9.98. The fraction of sp³-hybridized carbons (Fsp3) is 0.375. The summed E-state index contributed by atoms with van der Waals surface area (Å²) in [6, 6.07) is 5.01. The lowest BCUT2D eigenvalue weighted by Crippen LogP contribution is -2.24. The first-order chi connectivity index (χ1) is 16.3. The Kier molecular flexibility index (Phi) is 7.11. The zero-order valence-corrected chi connectivity index (χ0v) is 20.3. The van der Waals surface area contributed by atoms with Gasteiger partial charge >= 0.3 is 17.9 Å². The molecule has 1 aliphatic carbocycles. The number of ether oxygens (including phenoxy) is 2. The maximum absolute atomic E-state index is 12.1. The molecule has 1 atom stereocenters. The van der Waals surface area contributed by atoms with Crippen molar-refractivity contribution in [1.29, 1.82) is 0 Å². The van der Waals surface area contributed by atoms with Gasteiger partial charge in [-0.1, -0.05) is 6.07 Å². The molecule has 0 bridgehead atoms. The van der Waals surface area contributed by atoms with E-state index in [-0.39, 0.29) is 34.7 Å². The molecule has 5 N–H and O–H groups in total. The summed E-state index contributed by atoms with van der Waals surface area (Å²) in [5.74, 6) is -2.23. The van der Waals surface area contributed by atoms with Crippen LogP contribution in [0, 0.1) is 6.92 Å². The molecule has 35 heavy (non-hydrogen) atoms. The Hall–Kier alpha value is -3.99. The molecule has 3 aromatic rings. The zero-order valence-electron chi connectivity index (χ0n) is 20.3. The first kappa shape index (κ1) is 25.6. The summed E-state index contributed by atoms with van der Waals surface area (Å²) in [5.41, 5.74) is 15.2. The summed E-state index contributed by atoms with van der Waals surface area (Å²) in [6.45, 7) is 7.62. The lowest BCUT2D eigenvalue weighted by Gasteiger charge is -2.21. The number of nitrogen functional groups attached to an aromatic ring is 1. The number of aromatic carboxylic acids is 1. The number of nitrogens with two attached hydrogens (primary N) is 2. The number of fused-ring (bicyclic) bond motifs is 2. The van der Waals surface area contributed by atoms with Gasteiger partial charge in [-0.05, 0) is 63.3 Å². The van der Waals surface area contributed by atoms with E-state index in [1.54, 1.807) is 0 Å². The van der Waals surface area contributed by atoms with Crippen molar-refractivity contribution in [3.63, 3.8) is 0 Å². The third-order valence-corrected chi connectivity index (χ3v) is 5.47. The number of aromatic nitrogens is 3. The number of hydrogen-bond donors (Lipinski definition) is 3. The molecule has 0 unspecified atom stereocenters. The predicted octanol–water partition coefficient (Wildman–Crippen LogP) is 2.69. The lowest BCUT2D eigenvalue weighted by molar-refractivity contribution is 0.00682. The van der Waals surface area contributed by atoms with E-state index in [2.05, 4.69) is 14.8 Å². The molecule has 0 aliphatic heterocycles. The summed E-state index contributed by atoms with van der Waals surface area (Å²) in [6.07, 6.45) is 3.20. The summed E-state index contributed by atoms with van der Waals surface area (Å²) < 4.78 is 11.1. The van der Waals surface area contributed by atoms with E-state index in [0.29, 0.717) is 5.56 Å². The minimum absolute atomic E-state index is 0.0494. The third-order valence-electron chi connectivity index (χ3n) is 5.47. The number of esters is 2. The molecule has 186 valence electrons. The highest BCUT2D eigenvalue weighted by atomic mass is 16.6. The van der Waals surface area contributed by atoms with Crippen molar-refractivity contribution in [1.82, 2.24) is 14.6 Å². The van der Waals surface area contributed by atoms with Crippen molar-refractivity contribution in [3.8, 4) is 0 Å². The number of carbonyl (C=O) groups excluding carboxylic acids is 2. The van der Waals surface area contributed by atoms with Gasteiger partial charge in [-0.3, -0.25) is 0 Å². The molecule has 0 amide bonds. The smallest absolute Gasteiger partial charge is 0.356 e. The van der Waals surface area contributed by atoms with Crippen LogP contribution < -0.4 is 11.5 Å². The van der Waals surface area contributed by atoms with Gasteiger partial charge in [-0.2, -0.15) is 5.10 Å². The number of anilines is 1. The van der Waals surface area contributed by atoms with E-state index in [9.17, 15) is 14.4 Å². The Morgan fingerprint density at radius 2 is 1.89 bits per heavy atom. The highest BCUT2D eigenvalue weighted by Crippen LogP contribution is 2.33. The average molecular weight is 484 g/mol. The van der Waals surface area contributed by atoms with Crippen LogP contribution in [0.4, 0.5) is 5.69 Å². The van der Waals surface area contributed by atoms with Crippen molar-refractivity contribution in [3.05, 3.63) is 58.0 Å². The van der Waals surface area contributed by atoms with Crippen LogP contribution in [0.25, 0.3) is 5.65 Å². The molecule has 0 saturated heterocycles. The van der Waals surface area contributed by atoms with Gasteiger partial charge in [0.25, 0.3) is 0 Å². The maximum Gasteiger partial charge on any atom is 0.356 e. The second-order valence-electron chi connectivity index (χ2n) is 9.11. The molecular formula is C24H29N5O6. The monoisotopic (exact) mass is 483 g/mol. The molecule has 0 fully saturated rings. The average Bonchev–Trinajstić information content (AvgIpc) is 3.35. The highest BCUT2D eigenvalue weighted by Gasteiger charge is 2.26. The highest BCUT2D eigenvalue weighted by molar-refractivity contribution is 5.94. The van der Waals surface area contributed by atoms with Gasteiger partial charge in [0.05, 0.1) is 24.6 Å². The van der Waals surface area contributed by atoms with Crippen molar-refractivity contribution < 1.29 is 29.0 Å². The quantitative estimate of drug-likeness (QED) is 0.470. The van der Waals surface area contributed by atoms with Crippen LogP contribution in [0.5, 0.6) is 0 Å². The predicted molar refractivity (Wildman–Crippen MR) is 127 cm³/mol. The SMILES string of the molecule is COC(=O)c1cc(C(=O)O)nc2c(N)cnn12.Cc1c(C(=O)OC(C)(C)C)ccc2c1CC[C@@H]2N. The normalized spacial score (nSPS) is 14.6. The van der Waals surface area contributed by atoms with Crippen LogP contribution in [0.2, 0.25) is 0 Å². The first-order valence-corrected chi connectivity index (χ1v) is 10.9. The largest absolute Gasteiger partial charge is 0.477 e. The second-order valence-corrected chi connectivity index (χ2v) is 9.11. The minimum atomic E-state index is -1.27. The fourth-order valence-electron chi connectivity index (χ4n) is 3.81. The van der Waals surface area contributed by atoms with E-state index in [1.807, 2.05) is 39.8 Å². The van der Waals surface area contributed by atoms with Crippen LogP contribution in [0.3, 0.4) is 0 Å². The van der Waals surface area contributed by atoms with E-state index in [1.165, 1.54) is 24.4 Å². The molecule has 1 aromatic carbocycles. The van der Waals surface area contributed by atoms with Crippen LogP contribution in [-0.2, 0) is 15.9 Å². The topological polar surface area (TPSA) is 172 Å². The summed E-state index contributed by atoms with van der Waals surface area (Å²) >= 11 is 0. The van der Waals surface area contributed by atoms with Crippen LogP contribution >= 0.6 is 0 Å². The molecule has 11 heteroatoms. The van der Waals surface area contributed by atoms with Crippen molar-refractivity contribution >= 4 is 29.2 Å². The third kappa shape index (κ3) is 5.40. The van der Waals surface area contributed by atoms with Crippen LogP contribution in [-0.4, -0.2) is 50.3 Å². The summed E-state index contributed by atoms with van der Waals surface area (Å²) in [4.78, 5) is 38.2. The van der Waals surface area contributed by atoms with E-state index in [4.69, 9.17) is 21.3 Å². The molecule has 11 nitrogen and oxygen atoms in total. The molecule has 1 aliphatic rings. The van der Waals surface area contributed by atoms with E-state index in [0.717, 1.165) is 29.0 Å². The number of carbonyl (C=O) groups is 3. The molecule has 2 aromatic heterocycles. The maximum atomic E-state index is 12.1. The Morgan fingerprint density at radius 3 is 2.49 bits per heavy atom. The van der Waals surface area contributed by atoms with Gasteiger partial charge in [-0.25, -0.2) is 23.9 Å². The summed E-state index contributed by atoms with van der Waals surface area (Å²) in [7, 11) is 1.18. The van der Waals surface area contributed by atoms with Gasteiger partial charge in [0.15, 0.2) is 17.0 Å². The number of carboxylic acid groups (broad SMARTS) is 1. The molecule has 0 spiro atoms. The van der Waals surface area contributed by atoms with Crippen molar-refractivity contribution in [2.24, 2.45) is 5.73 Å². The van der Waals surface area contributed by atoms with Crippen LogP contribution in [0.1, 0.15) is 81.3 Å². The van der Waals surface area contributed by atoms with E-state index >= 15 is 0 Å². The van der Waals surface area contributed by atoms with Crippen molar-refractivity contribution in [2.45, 2.75) is 52.2 Å². The van der Waals surface area contributed by atoms with Gasteiger partial charge in [0, 0.05) is 12.1 Å².